The van der Waals surface area contributed by atoms with Gasteiger partial charge in [0.25, 0.3) is 0 Å². The maximum Gasteiger partial charge on any atom is 0.175 e. The zero-order chi connectivity index (χ0) is 15.6. The molecule has 5 heteroatoms. The van der Waals surface area contributed by atoms with E-state index in [0.717, 1.165) is 30.8 Å². The van der Waals surface area contributed by atoms with E-state index in [4.69, 9.17) is 4.74 Å². The third kappa shape index (κ3) is 3.48. The summed E-state index contributed by atoms with van der Waals surface area (Å²) in [6.45, 7) is 2.34. The third-order valence-corrected chi connectivity index (χ3v) is 4.95. The lowest BCUT2D eigenvalue weighted by Gasteiger charge is -2.18. The highest BCUT2D eigenvalue weighted by atomic mass is 32.2. The second kappa shape index (κ2) is 6.10. The van der Waals surface area contributed by atoms with Crippen molar-refractivity contribution in [3.05, 3.63) is 59.2 Å². The van der Waals surface area contributed by atoms with Crippen molar-refractivity contribution in [2.75, 3.05) is 12.8 Å². The van der Waals surface area contributed by atoms with Gasteiger partial charge in [0.1, 0.15) is 12.4 Å². The quantitative estimate of drug-likeness (QED) is 0.940. The van der Waals surface area contributed by atoms with E-state index >= 15 is 0 Å². The normalized spacial score (nSPS) is 14.4. The van der Waals surface area contributed by atoms with Gasteiger partial charge in [0.2, 0.25) is 0 Å². The molecule has 22 heavy (non-hydrogen) atoms. The van der Waals surface area contributed by atoms with Gasteiger partial charge in [0.15, 0.2) is 9.84 Å². The van der Waals surface area contributed by atoms with E-state index in [1.807, 2.05) is 6.07 Å². The first-order chi connectivity index (χ1) is 10.5. The number of rotatable bonds is 4. The Balaban J connectivity index is 1.67. The number of benzene rings is 2. The molecule has 0 fully saturated rings. The molecule has 0 bridgehead atoms. The Morgan fingerprint density at radius 1 is 1.09 bits per heavy atom. The summed E-state index contributed by atoms with van der Waals surface area (Å²) in [5, 5.41) is 3.35. The summed E-state index contributed by atoms with van der Waals surface area (Å²) >= 11 is 0. The number of sulfone groups is 1. The summed E-state index contributed by atoms with van der Waals surface area (Å²) in [4.78, 5) is 0.330. The fourth-order valence-electron chi connectivity index (χ4n) is 2.55. The van der Waals surface area contributed by atoms with Gasteiger partial charge in [0.05, 0.1) is 4.90 Å². The molecule has 0 saturated heterocycles. The van der Waals surface area contributed by atoms with Crippen LogP contribution in [0.5, 0.6) is 5.75 Å². The van der Waals surface area contributed by atoms with Crippen LogP contribution in [0.3, 0.4) is 0 Å². The zero-order valence-corrected chi connectivity index (χ0v) is 13.3. The Kier molecular flexibility index (Phi) is 4.18. The Morgan fingerprint density at radius 3 is 2.59 bits per heavy atom. The molecule has 4 nitrogen and oxygen atoms in total. The number of ether oxygens (including phenoxy) is 1. The molecule has 0 unspecified atom stereocenters. The van der Waals surface area contributed by atoms with Crippen LogP contribution in [-0.4, -0.2) is 21.2 Å². The molecular formula is C17H19NO3S. The molecule has 3 rings (SSSR count). The van der Waals surface area contributed by atoms with Crippen LogP contribution in [0.4, 0.5) is 0 Å². The molecular weight excluding hydrogens is 298 g/mol. The number of hydrogen-bond donors (Lipinski definition) is 1. The topological polar surface area (TPSA) is 55.4 Å². The molecule has 0 aromatic heterocycles. The first kappa shape index (κ1) is 15.1. The average Bonchev–Trinajstić information content (AvgIpc) is 2.52. The predicted octanol–water partition coefficient (Wildman–Crippen LogP) is 2.31. The SMILES string of the molecule is CS(=O)(=O)c1ccc(COc2ccc3c(c2)CNCC3)cc1. The molecule has 116 valence electrons. The molecule has 0 radical (unpaired) electrons. The summed E-state index contributed by atoms with van der Waals surface area (Å²) in [5.74, 6) is 0.842. The van der Waals surface area contributed by atoms with Crippen molar-refractivity contribution in [3.8, 4) is 5.75 Å². The van der Waals surface area contributed by atoms with Crippen molar-refractivity contribution < 1.29 is 13.2 Å². The molecule has 2 aromatic rings. The summed E-state index contributed by atoms with van der Waals surface area (Å²) in [6.07, 6.45) is 2.27. The lowest BCUT2D eigenvalue weighted by atomic mass is 10.0. The maximum absolute atomic E-state index is 11.4. The highest BCUT2D eigenvalue weighted by Gasteiger charge is 2.10. The minimum Gasteiger partial charge on any atom is -0.489 e. The van der Waals surface area contributed by atoms with Crippen molar-refractivity contribution in [3.63, 3.8) is 0 Å². The molecule has 1 aliphatic heterocycles. The average molecular weight is 317 g/mol. The van der Waals surface area contributed by atoms with Gasteiger partial charge in [-0.25, -0.2) is 8.42 Å². The highest BCUT2D eigenvalue weighted by molar-refractivity contribution is 7.90. The Labute approximate surface area is 131 Å². The number of fused-ring (bicyclic) bond motifs is 1. The maximum atomic E-state index is 11.4. The Morgan fingerprint density at radius 2 is 1.86 bits per heavy atom. The van der Waals surface area contributed by atoms with Crippen LogP contribution in [0.2, 0.25) is 0 Å². The van der Waals surface area contributed by atoms with E-state index in [9.17, 15) is 8.42 Å². The van der Waals surface area contributed by atoms with Gasteiger partial charge >= 0.3 is 0 Å². The number of hydrogen-bond acceptors (Lipinski definition) is 4. The van der Waals surface area contributed by atoms with Crippen LogP contribution in [0.15, 0.2) is 47.4 Å². The molecule has 0 atom stereocenters. The van der Waals surface area contributed by atoms with Crippen LogP contribution in [0.25, 0.3) is 0 Å². The lowest BCUT2D eigenvalue weighted by molar-refractivity contribution is 0.305. The van der Waals surface area contributed by atoms with Crippen molar-refractivity contribution in [1.29, 1.82) is 0 Å². The summed E-state index contributed by atoms with van der Waals surface area (Å²) in [6, 6.07) is 13.0. The minimum absolute atomic E-state index is 0.330. The second-order valence-corrected chi connectivity index (χ2v) is 7.58. The van der Waals surface area contributed by atoms with Gasteiger partial charge in [-0.05, 0) is 53.9 Å². The summed E-state index contributed by atoms with van der Waals surface area (Å²) < 4.78 is 28.7. The van der Waals surface area contributed by atoms with Crippen molar-refractivity contribution >= 4 is 9.84 Å². The second-order valence-electron chi connectivity index (χ2n) is 5.56. The molecule has 1 aliphatic rings. The molecule has 1 N–H and O–H groups in total. The van der Waals surface area contributed by atoms with Crippen molar-refractivity contribution in [1.82, 2.24) is 5.32 Å². The van der Waals surface area contributed by atoms with Gasteiger partial charge in [-0.2, -0.15) is 0 Å². The largest absolute Gasteiger partial charge is 0.489 e. The van der Waals surface area contributed by atoms with E-state index in [-0.39, 0.29) is 0 Å². The van der Waals surface area contributed by atoms with E-state index < -0.39 is 9.84 Å². The summed E-state index contributed by atoms with van der Waals surface area (Å²) in [5.41, 5.74) is 3.61. The molecule has 1 heterocycles. The van der Waals surface area contributed by atoms with Gasteiger partial charge in [-0.3, -0.25) is 0 Å². The molecule has 2 aromatic carbocycles. The fourth-order valence-corrected chi connectivity index (χ4v) is 3.18. The van der Waals surface area contributed by atoms with Crippen molar-refractivity contribution in [2.45, 2.75) is 24.5 Å². The van der Waals surface area contributed by atoms with Crippen molar-refractivity contribution in [2.24, 2.45) is 0 Å². The van der Waals surface area contributed by atoms with Crippen LogP contribution in [0, 0.1) is 0 Å². The Bertz CT molecular complexity index is 767. The van der Waals surface area contributed by atoms with Gasteiger partial charge in [-0.15, -0.1) is 0 Å². The van der Waals surface area contributed by atoms with E-state index in [0.29, 0.717) is 11.5 Å². The monoisotopic (exact) mass is 317 g/mol. The smallest absolute Gasteiger partial charge is 0.175 e. The number of nitrogens with one attached hydrogen (secondary N) is 1. The van der Waals surface area contributed by atoms with Crippen LogP contribution in [0.1, 0.15) is 16.7 Å². The van der Waals surface area contributed by atoms with Gasteiger partial charge < -0.3 is 10.1 Å². The van der Waals surface area contributed by atoms with E-state index in [1.165, 1.54) is 17.4 Å². The van der Waals surface area contributed by atoms with Crippen LogP contribution in [-0.2, 0) is 29.4 Å². The van der Waals surface area contributed by atoms with Crippen LogP contribution < -0.4 is 10.1 Å². The van der Waals surface area contributed by atoms with Gasteiger partial charge in [0, 0.05) is 12.8 Å². The lowest BCUT2D eigenvalue weighted by Crippen LogP contribution is -2.23. The predicted molar refractivity (Wildman–Crippen MR) is 85.7 cm³/mol. The van der Waals surface area contributed by atoms with Crippen LogP contribution >= 0.6 is 0 Å². The highest BCUT2D eigenvalue weighted by Crippen LogP contribution is 2.21. The minimum atomic E-state index is -3.14. The standard InChI is InChI=1S/C17H19NO3S/c1-22(19,20)17-6-2-13(3-7-17)12-21-16-5-4-14-8-9-18-11-15(14)10-16/h2-7,10,18H,8-9,11-12H2,1H3. The third-order valence-electron chi connectivity index (χ3n) is 3.82. The molecule has 0 aliphatic carbocycles. The molecule has 0 amide bonds. The first-order valence-electron chi connectivity index (χ1n) is 7.27. The fraction of sp³-hybridized carbons (Fsp3) is 0.294. The Hall–Kier alpha value is -1.85. The summed E-state index contributed by atoms with van der Waals surface area (Å²) in [7, 11) is -3.14. The zero-order valence-electron chi connectivity index (χ0n) is 12.5. The van der Waals surface area contributed by atoms with Gasteiger partial charge in [-0.1, -0.05) is 18.2 Å². The van der Waals surface area contributed by atoms with E-state index in [1.54, 1.807) is 24.3 Å². The first-order valence-corrected chi connectivity index (χ1v) is 9.16. The molecule has 0 saturated carbocycles. The van der Waals surface area contributed by atoms with E-state index in [2.05, 4.69) is 17.4 Å². The molecule has 0 spiro atoms.